The van der Waals surface area contributed by atoms with Gasteiger partial charge in [0.25, 0.3) is 0 Å². The van der Waals surface area contributed by atoms with Gasteiger partial charge in [-0.3, -0.25) is 0 Å². The quantitative estimate of drug-likeness (QED) is 0.230. The van der Waals surface area contributed by atoms with E-state index in [1.54, 1.807) is 0 Å². The van der Waals surface area contributed by atoms with Crippen molar-refractivity contribution in [1.29, 1.82) is 0 Å². The first-order chi connectivity index (χ1) is 17.8. The summed E-state index contributed by atoms with van der Waals surface area (Å²) in [5, 5.41) is 23.1. The van der Waals surface area contributed by atoms with Crippen molar-refractivity contribution in [2.45, 2.75) is 54.2 Å². The number of nitrogens with zero attached hydrogens (tertiary/aromatic N) is 8. The summed E-state index contributed by atoms with van der Waals surface area (Å²) in [6.07, 6.45) is 4.92. The third kappa shape index (κ3) is 5.04. The Morgan fingerprint density at radius 2 is 1.81 bits per heavy atom. The minimum atomic E-state index is -2.67. The van der Waals surface area contributed by atoms with Crippen LogP contribution in [0, 0.1) is 0 Å². The van der Waals surface area contributed by atoms with Crippen molar-refractivity contribution in [3.8, 4) is 22.8 Å². The molecule has 0 fully saturated rings. The third-order valence-electron chi connectivity index (χ3n) is 6.42. The van der Waals surface area contributed by atoms with Crippen LogP contribution in [-0.2, 0) is 19.6 Å². The van der Waals surface area contributed by atoms with Crippen LogP contribution in [0.3, 0.4) is 0 Å². The number of imidazole rings is 2. The van der Waals surface area contributed by atoms with E-state index in [-0.39, 0.29) is 6.61 Å². The Labute approximate surface area is 225 Å². The fraction of sp³-hybridized carbons (Fsp3) is 0.346. The predicted octanol–water partition coefficient (Wildman–Crippen LogP) is 5.07. The molecule has 11 heteroatoms. The first-order valence-corrected chi connectivity index (χ1v) is 22.7. The van der Waals surface area contributed by atoms with Crippen LogP contribution in [0.2, 0.25) is 20.0 Å². The number of unbranched alkanes of at least 4 members (excludes halogenated alkanes) is 1. The number of benzene rings is 1. The van der Waals surface area contributed by atoms with E-state index < -0.39 is 18.7 Å². The van der Waals surface area contributed by atoms with Crippen LogP contribution in [0.15, 0.2) is 48.7 Å². The summed E-state index contributed by atoms with van der Waals surface area (Å²) in [7, 11) is 0. The zero-order chi connectivity index (χ0) is 26.2. The normalized spacial score (nSPS) is 12.1. The molecule has 0 atom stereocenters. The van der Waals surface area contributed by atoms with Gasteiger partial charge in [-0.25, -0.2) is 0 Å². The molecule has 0 saturated heterocycles. The molecule has 0 amide bonds. The van der Waals surface area contributed by atoms with Crippen molar-refractivity contribution in [2.75, 3.05) is 0 Å². The second-order valence-corrected chi connectivity index (χ2v) is 24.1. The van der Waals surface area contributed by atoms with Gasteiger partial charge in [-0.05, 0) is 6.42 Å². The average molecular weight is 626 g/mol. The molecule has 1 aromatic carbocycles. The number of tetrazole rings is 1. The molecule has 0 aliphatic rings. The zero-order valence-electron chi connectivity index (χ0n) is 21.6. The summed E-state index contributed by atoms with van der Waals surface area (Å²) in [4.78, 5) is 16.3. The van der Waals surface area contributed by atoms with Crippen molar-refractivity contribution < 1.29 is 5.11 Å². The summed E-state index contributed by atoms with van der Waals surface area (Å²) >= 11 is 3.66. The summed E-state index contributed by atoms with van der Waals surface area (Å²) in [6, 6.07) is 14.3. The molecule has 0 spiro atoms. The molecule has 0 saturated carbocycles. The Balaban J connectivity index is 1.55. The molecule has 0 aliphatic heterocycles. The van der Waals surface area contributed by atoms with Gasteiger partial charge in [-0.15, -0.1) is 0 Å². The molecule has 4 heterocycles. The van der Waals surface area contributed by atoms with Gasteiger partial charge in [0.1, 0.15) is 0 Å². The van der Waals surface area contributed by atoms with Gasteiger partial charge in [-0.2, -0.15) is 0 Å². The summed E-state index contributed by atoms with van der Waals surface area (Å²) in [5.74, 6) is 1.66. The third-order valence-corrected chi connectivity index (χ3v) is 11.2. The molecule has 192 valence electrons. The van der Waals surface area contributed by atoms with Crippen LogP contribution >= 0.6 is 11.6 Å². The average Bonchev–Trinajstić information content (AvgIpc) is 3.58. The summed E-state index contributed by atoms with van der Waals surface area (Å²) in [5.41, 5.74) is 5.31. The molecular formula is C26H31ClN8OSn. The number of fused-ring (bicyclic) bond motifs is 1. The molecule has 0 bridgehead atoms. The predicted molar refractivity (Wildman–Crippen MR) is 147 cm³/mol. The molecule has 4 aromatic heterocycles. The second-order valence-electron chi connectivity index (χ2n) is 10.1. The monoisotopic (exact) mass is 626 g/mol. The van der Waals surface area contributed by atoms with Crippen LogP contribution in [0.1, 0.15) is 36.8 Å². The Kier molecular flexibility index (Phi) is 7.37. The van der Waals surface area contributed by atoms with Gasteiger partial charge in [0.2, 0.25) is 0 Å². The van der Waals surface area contributed by atoms with E-state index in [4.69, 9.17) is 16.6 Å². The molecule has 9 nitrogen and oxygen atoms in total. The Bertz CT molecular complexity index is 1530. The van der Waals surface area contributed by atoms with Crippen molar-refractivity contribution >= 4 is 35.9 Å². The number of aryl methyl sites for hydroxylation is 1. The van der Waals surface area contributed by atoms with Crippen LogP contribution in [0.5, 0.6) is 0 Å². The van der Waals surface area contributed by atoms with E-state index in [1.165, 1.54) is 0 Å². The molecular weight excluding hydrogens is 595 g/mol. The van der Waals surface area contributed by atoms with Gasteiger partial charge in [0.15, 0.2) is 0 Å². The van der Waals surface area contributed by atoms with Gasteiger partial charge in [-0.1, -0.05) is 24.9 Å². The minimum absolute atomic E-state index is 0.145. The number of pyridine rings is 1. The molecule has 5 rings (SSSR count). The van der Waals surface area contributed by atoms with E-state index in [1.807, 2.05) is 31.9 Å². The van der Waals surface area contributed by atoms with Gasteiger partial charge in [0, 0.05) is 0 Å². The van der Waals surface area contributed by atoms with Crippen molar-refractivity contribution in [3.63, 3.8) is 0 Å². The SMILES string of the molecule is CCCCc1nc(Cl)c(CO)n1Cc1ccc(-c2nc3ccccn3c2-c2nnn[n]2[Sn]([CH3])([CH3])[CH3])cc1. The van der Waals surface area contributed by atoms with Crippen molar-refractivity contribution in [1.82, 2.24) is 37.4 Å². The van der Waals surface area contributed by atoms with Crippen molar-refractivity contribution in [2.24, 2.45) is 0 Å². The van der Waals surface area contributed by atoms with Gasteiger partial charge < -0.3 is 5.11 Å². The van der Waals surface area contributed by atoms with Crippen LogP contribution in [-0.4, -0.2) is 61.1 Å². The number of aliphatic hydroxyl groups excluding tert-OH is 1. The molecule has 0 aliphatic carbocycles. The number of hydrogen-bond acceptors (Lipinski definition) is 6. The van der Waals surface area contributed by atoms with Crippen LogP contribution in [0.25, 0.3) is 28.4 Å². The first-order valence-electron chi connectivity index (χ1n) is 12.5. The Morgan fingerprint density at radius 3 is 2.51 bits per heavy atom. The molecule has 0 unspecified atom stereocenters. The standard InChI is InChI=1S/C23H22ClN8O.3CH3.Sn/c1-2-3-6-19-26-22(24)17(14-33)32(19)13-15-8-10-16(11-9-15)20-21(23-27-29-30-28-23)31-12-5-4-7-18(31)25-20;;;;/h4-5,7-12,33H,2-3,6,13-14H2,1H3;3*1H3;/q-1;;;;+1. The van der Waals surface area contributed by atoms with E-state index in [9.17, 15) is 5.11 Å². The molecule has 1 N–H and O–H groups in total. The fourth-order valence-electron chi connectivity index (χ4n) is 4.52. The van der Waals surface area contributed by atoms with Gasteiger partial charge in [0.05, 0.1) is 0 Å². The Morgan fingerprint density at radius 1 is 1.03 bits per heavy atom. The summed E-state index contributed by atoms with van der Waals surface area (Å²) in [6.45, 7) is 2.59. The summed E-state index contributed by atoms with van der Waals surface area (Å²) < 4.78 is 6.14. The number of aromatic nitrogens is 8. The number of halogens is 1. The second kappa shape index (κ2) is 10.5. The van der Waals surface area contributed by atoms with E-state index in [2.05, 4.69) is 70.9 Å². The number of hydrogen-bond donors (Lipinski definition) is 1. The van der Waals surface area contributed by atoms with E-state index >= 15 is 0 Å². The molecule has 5 aromatic rings. The maximum absolute atomic E-state index is 9.91. The zero-order valence-corrected chi connectivity index (χ0v) is 25.2. The number of aliphatic hydroxyl groups is 1. The Hall–Kier alpha value is -2.76. The first kappa shape index (κ1) is 25.9. The molecule has 0 radical (unpaired) electrons. The van der Waals surface area contributed by atoms with Crippen LogP contribution in [0.4, 0.5) is 0 Å². The van der Waals surface area contributed by atoms with Crippen LogP contribution < -0.4 is 0 Å². The van der Waals surface area contributed by atoms with Crippen molar-refractivity contribution in [3.05, 3.63) is 70.9 Å². The maximum atomic E-state index is 9.91. The van der Waals surface area contributed by atoms with Gasteiger partial charge >= 0.3 is 190 Å². The van der Waals surface area contributed by atoms with E-state index in [0.717, 1.165) is 59.1 Å². The molecule has 37 heavy (non-hydrogen) atoms. The topological polar surface area (TPSA) is 99.0 Å². The van der Waals surface area contributed by atoms with E-state index in [0.29, 0.717) is 17.4 Å². The fourth-order valence-corrected chi connectivity index (χ4v) is 7.90. The number of rotatable bonds is 9.